The highest BCUT2D eigenvalue weighted by Crippen LogP contribution is 2.26. The molecule has 0 radical (unpaired) electrons. The maximum absolute atomic E-state index is 5.85. The first-order chi connectivity index (χ1) is 11.9. The van der Waals surface area contributed by atoms with Gasteiger partial charge in [-0.1, -0.05) is 0 Å². The van der Waals surface area contributed by atoms with Gasteiger partial charge in [0.25, 0.3) is 0 Å². The van der Waals surface area contributed by atoms with Crippen LogP contribution in [0, 0.1) is 0 Å². The molecule has 0 spiro atoms. The number of nitrogens with zero attached hydrogens (tertiary/aromatic N) is 3. The lowest BCUT2D eigenvalue weighted by Crippen LogP contribution is -2.38. The Hall–Kier alpha value is -2.44. The molecule has 0 amide bonds. The quantitative estimate of drug-likeness (QED) is 0.780. The highest BCUT2D eigenvalue weighted by Gasteiger charge is 2.10. The van der Waals surface area contributed by atoms with E-state index in [-0.39, 0.29) is 0 Å². The number of benzene rings is 1. The van der Waals surface area contributed by atoms with Gasteiger partial charge < -0.3 is 9.47 Å². The molecular weight excluding hydrogens is 304 g/mol. The van der Waals surface area contributed by atoms with Gasteiger partial charge in [-0.05, 0) is 36.4 Å². The van der Waals surface area contributed by atoms with Crippen LogP contribution in [0.5, 0.6) is 5.75 Å². The molecule has 2 aromatic heterocycles. The lowest BCUT2D eigenvalue weighted by molar-refractivity contribution is 0.0322. The summed E-state index contributed by atoms with van der Waals surface area (Å²) in [6, 6.07) is 12.0. The molecule has 1 aromatic carbocycles. The van der Waals surface area contributed by atoms with E-state index in [0.717, 1.165) is 60.9 Å². The maximum Gasteiger partial charge on any atom is 0.181 e. The standard InChI is InChI=1S/C18H20N4O2/c1-2-16-17(20-21-18(16)19-7-1)14-3-5-15(6-4-14)24-13-10-22-8-11-23-12-9-22/h1-7H,8-13H2,(H,19,20,21). The van der Waals surface area contributed by atoms with Gasteiger partial charge in [-0.25, -0.2) is 4.98 Å². The number of morpholine rings is 1. The van der Waals surface area contributed by atoms with Crippen molar-refractivity contribution >= 4 is 11.0 Å². The molecule has 1 fully saturated rings. The van der Waals surface area contributed by atoms with Gasteiger partial charge in [-0.15, -0.1) is 0 Å². The number of ether oxygens (including phenoxy) is 2. The number of fused-ring (bicyclic) bond motifs is 1. The number of aromatic nitrogens is 3. The molecule has 6 heteroatoms. The van der Waals surface area contributed by atoms with Gasteiger partial charge in [0, 0.05) is 36.8 Å². The Morgan fingerprint density at radius 1 is 1.12 bits per heavy atom. The fourth-order valence-electron chi connectivity index (χ4n) is 2.91. The minimum absolute atomic E-state index is 0.691. The van der Waals surface area contributed by atoms with Gasteiger partial charge in [-0.3, -0.25) is 10.00 Å². The second kappa shape index (κ2) is 6.98. The van der Waals surface area contributed by atoms with Crippen LogP contribution in [0.2, 0.25) is 0 Å². The van der Waals surface area contributed by atoms with E-state index < -0.39 is 0 Å². The Morgan fingerprint density at radius 3 is 2.79 bits per heavy atom. The van der Waals surface area contributed by atoms with Crippen LogP contribution in [0.4, 0.5) is 0 Å². The molecule has 124 valence electrons. The maximum atomic E-state index is 5.85. The van der Waals surface area contributed by atoms with Crippen molar-refractivity contribution in [2.75, 3.05) is 39.5 Å². The zero-order valence-electron chi connectivity index (χ0n) is 13.4. The number of hydrogen-bond acceptors (Lipinski definition) is 5. The molecule has 0 saturated carbocycles. The average molecular weight is 324 g/mol. The summed E-state index contributed by atoms with van der Waals surface area (Å²) in [7, 11) is 0. The Balaban J connectivity index is 1.39. The molecule has 0 unspecified atom stereocenters. The van der Waals surface area contributed by atoms with Crippen LogP contribution in [-0.2, 0) is 4.74 Å². The monoisotopic (exact) mass is 324 g/mol. The minimum atomic E-state index is 0.691. The highest BCUT2D eigenvalue weighted by molar-refractivity contribution is 5.90. The molecule has 1 saturated heterocycles. The van der Waals surface area contributed by atoms with Gasteiger partial charge in [0.1, 0.15) is 12.4 Å². The first kappa shape index (κ1) is 15.1. The number of nitrogens with one attached hydrogen (secondary N) is 1. The van der Waals surface area contributed by atoms with Gasteiger partial charge in [-0.2, -0.15) is 5.10 Å². The fourth-order valence-corrected chi connectivity index (χ4v) is 2.91. The Labute approximate surface area is 140 Å². The molecule has 0 aliphatic carbocycles. The Kier molecular flexibility index (Phi) is 4.40. The number of hydrogen-bond donors (Lipinski definition) is 1. The average Bonchev–Trinajstić information content (AvgIpc) is 3.07. The van der Waals surface area contributed by atoms with Gasteiger partial charge in [0.05, 0.1) is 18.9 Å². The molecule has 0 bridgehead atoms. The minimum Gasteiger partial charge on any atom is -0.492 e. The molecular formula is C18H20N4O2. The summed E-state index contributed by atoms with van der Waals surface area (Å²) in [4.78, 5) is 6.61. The van der Waals surface area contributed by atoms with Crippen LogP contribution in [0.25, 0.3) is 22.3 Å². The van der Waals surface area contributed by atoms with E-state index >= 15 is 0 Å². The SMILES string of the molecule is c1cnc2n[nH]c(-c3ccc(OCCN4CCOCC4)cc3)c2c1. The summed E-state index contributed by atoms with van der Waals surface area (Å²) in [5.41, 5.74) is 2.79. The van der Waals surface area contributed by atoms with Crippen molar-refractivity contribution in [3.8, 4) is 17.0 Å². The van der Waals surface area contributed by atoms with Crippen LogP contribution >= 0.6 is 0 Å². The summed E-state index contributed by atoms with van der Waals surface area (Å²) in [6.45, 7) is 5.24. The van der Waals surface area contributed by atoms with Crippen molar-refractivity contribution in [3.63, 3.8) is 0 Å². The van der Waals surface area contributed by atoms with Crippen molar-refractivity contribution in [3.05, 3.63) is 42.6 Å². The largest absolute Gasteiger partial charge is 0.492 e. The number of H-pyrrole nitrogens is 1. The van der Waals surface area contributed by atoms with Crippen molar-refractivity contribution in [1.82, 2.24) is 20.1 Å². The predicted molar refractivity (Wildman–Crippen MR) is 92.1 cm³/mol. The molecule has 4 rings (SSSR count). The number of pyridine rings is 1. The molecule has 24 heavy (non-hydrogen) atoms. The van der Waals surface area contributed by atoms with Crippen molar-refractivity contribution in [2.45, 2.75) is 0 Å². The van der Waals surface area contributed by atoms with Crippen LogP contribution in [0.15, 0.2) is 42.6 Å². The second-order valence-electron chi connectivity index (χ2n) is 5.80. The van der Waals surface area contributed by atoms with Crippen molar-refractivity contribution in [1.29, 1.82) is 0 Å². The van der Waals surface area contributed by atoms with Crippen LogP contribution in [-0.4, -0.2) is 59.5 Å². The lowest BCUT2D eigenvalue weighted by atomic mass is 10.1. The van der Waals surface area contributed by atoms with E-state index in [2.05, 4.69) is 20.1 Å². The molecule has 3 aromatic rings. The summed E-state index contributed by atoms with van der Waals surface area (Å²) < 4.78 is 11.2. The van der Waals surface area contributed by atoms with Crippen LogP contribution in [0.3, 0.4) is 0 Å². The number of aromatic amines is 1. The summed E-state index contributed by atoms with van der Waals surface area (Å²) in [6.07, 6.45) is 1.75. The third-order valence-corrected chi connectivity index (χ3v) is 4.25. The molecule has 1 N–H and O–H groups in total. The first-order valence-corrected chi connectivity index (χ1v) is 8.22. The van der Waals surface area contributed by atoms with Gasteiger partial charge in [0.2, 0.25) is 0 Å². The first-order valence-electron chi connectivity index (χ1n) is 8.22. The second-order valence-corrected chi connectivity index (χ2v) is 5.80. The Bertz CT molecular complexity index is 794. The third kappa shape index (κ3) is 3.25. The zero-order valence-corrected chi connectivity index (χ0v) is 13.4. The van der Waals surface area contributed by atoms with Crippen LogP contribution in [0.1, 0.15) is 0 Å². The molecule has 3 heterocycles. The molecule has 0 atom stereocenters. The lowest BCUT2D eigenvalue weighted by Gasteiger charge is -2.26. The zero-order chi connectivity index (χ0) is 16.2. The van der Waals surface area contributed by atoms with Gasteiger partial charge in [0.15, 0.2) is 5.65 Å². The van der Waals surface area contributed by atoms with Crippen molar-refractivity contribution < 1.29 is 9.47 Å². The molecule has 1 aliphatic rings. The van der Waals surface area contributed by atoms with E-state index in [1.165, 1.54) is 0 Å². The molecule has 1 aliphatic heterocycles. The molecule has 6 nitrogen and oxygen atoms in total. The summed E-state index contributed by atoms with van der Waals surface area (Å²) in [5, 5.41) is 8.33. The van der Waals surface area contributed by atoms with Crippen molar-refractivity contribution in [2.24, 2.45) is 0 Å². The van der Waals surface area contributed by atoms with E-state index in [0.29, 0.717) is 6.61 Å². The summed E-state index contributed by atoms with van der Waals surface area (Å²) >= 11 is 0. The predicted octanol–water partition coefficient (Wildman–Crippen LogP) is 2.34. The van der Waals surface area contributed by atoms with Crippen LogP contribution < -0.4 is 4.74 Å². The van der Waals surface area contributed by atoms with E-state index in [1.807, 2.05) is 36.4 Å². The Morgan fingerprint density at radius 2 is 1.96 bits per heavy atom. The normalized spacial score (nSPS) is 15.7. The smallest absolute Gasteiger partial charge is 0.181 e. The van der Waals surface area contributed by atoms with E-state index in [4.69, 9.17) is 9.47 Å². The topological polar surface area (TPSA) is 63.3 Å². The van der Waals surface area contributed by atoms with Gasteiger partial charge >= 0.3 is 0 Å². The number of rotatable bonds is 5. The van der Waals surface area contributed by atoms with E-state index in [1.54, 1.807) is 6.20 Å². The fraction of sp³-hybridized carbons (Fsp3) is 0.333. The summed E-state index contributed by atoms with van der Waals surface area (Å²) in [5.74, 6) is 0.883. The third-order valence-electron chi connectivity index (χ3n) is 4.25. The van der Waals surface area contributed by atoms with E-state index in [9.17, 15) is 0 Å². The highest BCUT2D eigenvalue weighted by atomic mass is 16.5.